The van der Waals surface area contributed by atoms with Crippen LogP contribution in [0.15, 0.2) is 12.3 Å². The van der Waals surface area contributed by atoms with Crippen LogP contribution in [0.1, 0.15) is 0 Å². The molecule has 1 aromatic rings. The van der Waals surface area contributed by atoms with E-state index in [4.69, 9.17) is 11.6 Å². The predicted octanol–water partition coefficient (Wildman–Crippen LogP) is 2.98. The van der Waals surface area contributed by atoms with Crippen LogP contribution < -0.4 is 4.74 Å². The second-order valence-electron chi connectivity index (χ2n) is 2.14. The van der Waals surface area contributed by atoms with Crippen molar-refractivity contribution in [3.05, 3.63) is 20.9 Å². The first kappa shape index (κ1) is 10.9. The number of ether oxygens (including phenoxy) is 1. The topological polar surface area (TPSA) is 22.1 Å². The average molecular weight is 319 g/mol. The Morgan fingerprint density at radius 2 is 2.31 bits per heavy atom. The molecule has 0 aliphatic rings. The van der Waals surface area contributed by atoms with Crippen molar-refractivity contribution in [3.8, 4) is 5.88 Å². The summed E-state index contributed by atoms with van der Waals surface area (Å²) in [5.41, 5.74) is 0. The van der Waals surface area contributed by atoms with E-state index in [-0.39, 0.29) is 10.9 Å². The molecule has 0 saturated carbocycles. The molecule has 0 aliphatic carbocycles. The summed E-state index contributed by atoms with van der Waals surface area (Å²) in [5.74, 6) is 0.0439. The highest BCUT2D eigenvalue weighted by Gasteiger charge is 2.07. The summed E-state index contributed by atoms with van der Waals surface area (Å²) < 4.78 is 29.0. The predicted molar refractivity (Wildman–Crippen MR) is 53.5 cm³/mol. The lowest BCUT2D eigenvalue weighted by molar-refractivity contribution is 0.0796. The van der Waals surface area contributed by atoms with E-state index in [0.29, 0.717) is 0 Å². The number of hydrogen-bond acceptors (Lipinski definition) is 2. The summed E-state index contributed by atoms with van der Waals surface area (Å²) in [6.07, 6.45) is -1.02. The fourth-order valence-electron chi connectivity index (χ4n) is 0.650. The fourth-order valence-corrected chi connectivity index (χ4v) is 1.51. The van der Waals surface area contributed by atoms with Crippen LogP contribution in [0.2, 0.25) is 5.02 Å². The SMILES string of the molecule is FC(F)COc1ncc(I)cc1Cl. The van der Waals surface area contributed by atoms with Gasteiger partial charge in [-0.15, -0.1) is 0 Å². The van der Waals surface area contributed by atoms with Crippen LogP contribution in [0.5, 0.6) is 5.88 Å². The summed E-state index contributed by atoms with van der Waals surface area (Å²) in [6.45, 7) is -0.687. The van der Waals surface area contributed by atoms with E-state index in [1.165, 1.54) is 6.20 Å². The molecule has 72 valence electrons. The number of alkyl halides is 2. The molecule has 0 saturated heterocycles. The van der Waals surface area contributed by atoms with Crippen molar-refractivity contribution in [2.45, 2.75) is 6.43 Å². The van der Waals surface area contributed by atoms with Gasteiger partial charge in [0.15, 0.2) is 6.61 Å². The molecule has 0 N–H and O–H groups in total. The highest BCUT2D eigenvalue weighted by atomic mass is 127. The molecule has 1 aromatic heterocycles. The first-order valence-electron chi connectivity index (χ1n) is 3.31. The van der Waals surface area contributed by atoms with Gasteiger partial charge in [0.2, 0.25) is 5.88 Å². The minimum Gasteiger partial charge on any atom is -0.471 e. The van der Waals surface area contributed by atoms with E-state index in [1.54, 1.807) is 6.07 Å². The minimum atomic E-state index is -2.52. The summed E-state index contributed by atoms with van der Waals surface area (Å²) >= 11 is 7.69. The molecule has 13 heavy (non-hydrogen) atoms. The second-order valence-corrected chi connectivity index (χ2v) is 3.80. The van der Waals surface area contributed by atoms with Gasteiger partial charge in [0.25, 0.3) is 6.43 Å². The van der Waals surface area contributed by atoms with E-state index in [0.717, 1.165) is 3.57 Å². The standard InChI is InChI=1S/C7H5ClF2INO/c8-5-1-4(11)2-12-7(5)13-3-6(9)10/h1-2,6H,3H2. The zero-order chi connectivity index (χ0) is 9.84. The average Bonchev–Trinajstić information content (AvgIpc) is 2.02. The van der Waals surface area contributed by atoms with Crippen LogP contribution in [0.3, 0.4) is 0 Å². The first-order valence-corrected chi connectivity index (χ1v) is 4.77. The lowest BCUT2D eigenvalue weighted by Crippen LogP contribution is -2.08. The molecule has 1 heterocycles. The summed E-state index contributed by atoms with van der Waals surface area (Å²) in [5, 5.41) is 0.243. The molecule has 0 atom stereocenters. The zero-order valence-corrected chi connectivity index (χ0v) is 9.22. The molecule has 0 spiro atoms. The quantitative estimate of drug-likeness (QED) is 0.799. The maximum atomic E-state index is 11.7. The third-order valence-corrected chi connectivity index (χ3v) is 1.98. The largest absolute Gasteiger partial charge is 0.471 e. The third kappa shape index (κ3) is 3.60. The van der Waals surface area contributed by atoms with Crippen LogP contribution in [0.4, 0.5) is 8.78 Å². The number of pyridine rings is 1. The third-order valence-electron chi connectivity index (χ3n) is 1.12. The highest BCUT2D eigenvalue weighted by molar-refractivity contribution is 14.1. The van der Waals surface area contributed by atoms with Gasteiger partial charge in [0, 0.05) is 9.77 Å². The zero-order valence-electron chi connectivity index (χ0n) is 6.31. The first-order chi connectivity index (χ1) is 6.09. The Balaban J connectivity index is 2.67. The van der Waals surface area contributed by atoms with E-state index >= 15 is 0 Å². The van der Waals surface area contributed by atoms with Gasteiger partial charge in [-0.2, -0.15) is 0 Å². The van der Waals surface area contributed by atoms with Crippen molar-refractivity contribution in [2.24, 2.45) is 0 Å². The number of aromatic nitrogens is 1. The molecule has 0 aliphatic heterocycles. The Morgan fingerprint density at radius 3 is 2.85 bits per heavy atom. The Hall–Kier alpha value is -0.170. The van der Waals surface area contributed by atoms with E-state index in [2.05, 4.69) is 9.72 Å². The second kappa shape index (κ2) is 4.90. The summed E-state index contributed by atoms with van der Waals surface area (Å²) in [7, 11) is 0. The number of nitrogens with zero attached hydrogens (tertiary/aromatic N) is 1. The van der Waals surface area contributed by atoms with Gasteiger partial charge >= 0.3 is 0 Å². The van der Waals surface area contributed by atoms with Crippen molar-refractivity contribution >= 4 is 34.2 Å². The van der Waals surface area contributed by atoms with Gasteiger partial charge in [0.1, 0.15) is 5.02 Å². The molecular formula is C7H5ClF2INO. The Morgan fingerprint density at radius 1 is 1.62 bits per heavy atom. The lowest BCUT2D eigenvalue weighted by atomic mass is 10.5. The number of hydrogen-bond donors (Lipinski definition) is 0. The molecular weight excluding hydrogens is 314 g/mol. The summed E-state index contributed by atoms with van der Waals surface area (Å²) in [4.78, 5) is 3.75. The van der Waals surface area contributed by atoms with E-state index in [9.17, 15) is 8.78 Å². The van der Waals surface area contributed by atoms with Crippen LogP contribution >= 0.6 is 34.2 Å². The molecule has 0 fully saturated rings. The number of rotatable bonds is 3. The fraction of sp³-hybridized carbons (Fsp3) is 0.286. The van der Waals surface area contributed by atoms with Crippen LogP contribution in [0, 0.1) is 3.57 Å². The monoisotopic (exact) mass is 319 g/mol. The summed E-state index contributed by atoms with van der Waals surface area (Å²) in [6, 6.07) is 1.59. The van der Waals surface area contributed by atoms with Gasteiger partial charge in [-0.25, -0.2) is 13.8 Å². The lowest BCUT2D eigenvalue weighted by Gasteiger charge is -2.05. The van der Waals surface area contributed by atoms with Gasteiger partial charge < -0.3 is 4.74 Å². The van der Waals surface area contributed by atoms with Gasteiger partial charge in [-0.3, -0.25) is 0 Å². The molecule has 0 bridgehead atoms. The molecule has 0 amide bonds. The van der Waals surface area contributed by atoms with Crippen LogP contribution in [-0.4, -0.2) is 18.0 Å². The maximum absolute atomic E-state index is 11.7. The van der Waals surface area contributed by atoms with Crippen molar-refractivity contribution in [2.75, 3.05) is 6.61 Å². The molecule has 6 heteroatoms. The smallest absolute Gasteiger partial charge is 0.272 e. The van der Waals surface area contributed by atoms with Crippen molar-refractivity contribution in [1.29, 1.82) is 0 Å². The van der Waals surface area contributed by atoms with E-state index in [1.807, 2.05) is 22.6 Å². The van der Waals surface area contributed by atoms with Crippen molar-refractivity contribution < 1.29 is 13.5 Å². The Bertz CT molecular complexity index is 298. The normalized spacial score (nSPS) is 10.5. The van der Waals surface area contributed by atoms with Crippen LogP contribution in [-0.2, 0) is 0 Å². The molecule has 1 rings (SSSR count). The van der Waals surface area contributed by atoms with Gasteiger partial charge in [-0.05, 0) is 28.7 Å². The Labute approximate surface area is 92.4 Å². The van der Waals surface area contributed by atoms with E-state index < -0.39 is 13.0 Å². The molecule has 2 nitrogen and oxygen atoms in total. The number of halogens is 4. The maximum Gasteiger partial charge on any atom is 0.272 e. The molecule has 0 aromatic carbocycles. The van der Waals surface area contributed by atoms with Crippen molar-refractivity contribution in [1.82, 2.24) is 4.98 Å². The molecule has 0 radical (unpaired) electrons. The highest BCUT2D eigenvalue weighted by Crippen LogP contribution is 2.23. The Kier molecular flexibility index (Phi) is 4.11. The van der Waals surface area contributed by atoms with Gasteiger partial charge in [0.05, 0.1) is 0 Å². The minimum absolute atomic E-state index is 0.0439. The van der Waals surface area contributed by atoms with Gasteiger partial charge in [-0.1, -0.05) is 11.6 Å². The van der Waals surface area contributed by atoms with Crippen molar-refractivity contribution in [3.63, 3.8) is 0 Å². The van der Waals surface area contributed by atoms with Crippen LogP contribution in [0.25, 0.3) is 0 Å². The molecule has 0 unspecified atom stereocenters.